The van der Waals surface area contributed by atoms with E-state index < -0.39 is 0 Å². The van der Waals surface area contributed by atoms with Crippen molar-refractivity contribution in [1.29, 1.82) is 0 Å². The number of aromatic nitrogens is 1. The van der Waals surface area contributed by atoms with Crippen LogP contribution in [0.1, 0.15) is 18.4 Å². The third-order valence-corrected chi connectivity index (χ3v) is 4.61. The molecule has 0 spiro atoms. The van der Waals surface area contributed by atoms with Gasteiger partial charge in [0.05, 0.1) is 5.52 Å². The molecule has 1 unspecified atom stereocenters. The Kier molecular flexibility index (Phi) is 4.34. The highest BCUT2D eigenvalue weighted by molar-refractivity contribution is 9.10. The molecular weight excluding hydrogens is 314 g/mol. The zero-order chi connectivity index (χ0) is 13.9. The Balaban J connectivity index is 1.82. The number of fused-ring (bicyclic) bond motifs is 1. The Hall–Kier alpha value is -0.970. The largest absolute Gasteiger partial charge is 0.314 e. The van der Waals surface area contributed by atoms with E-state index in [0.29, 0.717) is 5.92 Å². The van der Waals surface area contributed by atoms with Gasteiger partial charge in [-0.05, 0) is 39.5 Å². The molecule has 4 heteroatoms. The maximum atomic E-state index is 4.68. The summed E-state index contributed by atoms with van der Waals surface area (Å²) in [4.78, 5) is 7.21. The second-order valence-corrected chi connectivity index (χ2v) is 6.26. The maximum absolute atomic E-state index is 4.68. The van der Waals surface area contributed by atoms with Gasteiger partial charge in [0.25, 0.3) is 0 Å². The number of nitrogens with one attached hydrogen (secondary N) is 1. The van der Waals surface area contributed by atoms with E-state index in [1.807, 2.05) is 6.07 Å². The monoisotopic (exact) mass is 333 g/mol. The maximum Gasteiger partial charge on any atom is 0.110 e. The molecule has 1 aliphatic heterocycles. The molecule has 106 valence electrons. The molecule has 3 nitrogen and oxygen atoms in total. The number of rotatable bonds is 3. The zero-order valence-electron chi connectivity index (χ0n) is 11.8. The van der Waals surface area contributed by atoms with Gasteiger partial charge in [-0.2, -0.15) is 0 Å². The van der Waals surface area contributed by atoms with Crippen LogP contribution in [-0.4, -0.2) is 42.6 Å². The van der Waals surface area contributed by atoms with E-state index in [0.717, 1.165) is 42.8 Å². The number of benzene rings is 1. The van der Waals surface area contributed by atoms with Crippen LogP contribution in [0.15, 0.2) is 34.9 Å². The number of halogens is 1. The van der Waals surface area contributed by atoms with Crippen molar-refractivity contribution in [2.45, 2.75) is 12.8 Å². The SMILES string of the molecule is CC(CN1CCNCC1)c1cc2ccccc2nc1Br. The van der Waals surface area contributed by atoms with Crippen molar-refractivity contribution >= 4 is 26.8 Å². The van der Waals surface area contributed by atoms with Gasteiger partial charge in [-0.3, -0.25) is 0 Å². The highest BCUT2D eigenvalue weighted by Gasteiger charge is 2.17. The number of hydrogen-bond donors (Lipinski definition) is 1. The summed E-state index contributed by atoms with van der Waals surface area (Å²) < 4.78 is 0.985. The first-order valence-corrected chi connectivity index (χ1v) is 8.01. The third kappa shape index (κ3) is 3.03. The Bertz CT molecular complexity index is 593. The molecule has 1 N–H and O–H groups in total. The Labute approximate surface area is 128 Å². The summed E-state index contributed by atoms with van der Waals surface area (Å²) >= 11 is 3.64. The summed E-state index contributed by atoms with van der Waals surface area (Å²) in [7, 11) is 0. The topological polar surface area (TPSA) is 28.2 Å². The van der Waals surface area contributed by atoms with Crippen molar-refractivity contribution in [3.63, 3.8) is 0 Å². The predicted octanol–water partition coefficient (Wildman–Crippen LogP) is 3.01. The quantitative estimate of drug-likeness (QED) is 0.875. The van der Waals surface area contributed by atoms with Gasteiger partial charge in [0.1, 0.15) is 4.60 Å². The normalized spacial score (nSPS) is 18.3. The molecular formula is C16H20BrN3. The van der Waals surface area contributed by atoms with Gasteiger partial charge >= 0.3 is 0 Å². The minimum Gasteiger partial charge on any atom is -0.314 e. The van der Waals surface area contributed by atoms with E-state index in [9.17, 15) is 0 Å². The molecule has 1 aliphatic rings. The Morgan fingerprint density at radius 3 is 2.85 bits per heavy atom. The second-order valence-electron chi connectivity index (χ2n) is 5.51. The molecule has 0 saturated carbocycles. The van der Waals surface area contributed by atoms with Gasteiger partial charge in [-0.1, -0.05) is 25.1 Å². The molecule has 2 heterocycles. The fourth-order valence-electron chi connectivity index (χ4n) is 2.83. The molecule has 1 fully saturated rings. The van der Waals surface area contributed by atoms with E-state index in [1.54, 1.807) is 0 Å². The lowest BCUT2D eigenvalue weighted by Gasteiger charge is -2.30. The highest BCUT2D eigenvalue weighted by Crippen LogP contribution is 2.27. The standard InChI is InChI=1S/C16H20BrN3/c1-12(11-20-8-6-18-7-9-20)14-10-13-4-2-3-5-15(13)19-16(14)17/h2-5,10,12,18H,6-9,11H2,1H3. The summed E-state index contributed by atoms with van der Waals surface area (Å²) in [6.45, 7) is 7.87. The molecule has 1 aromatic heterocycles. The molecule has 0 aliphatic carbocycles. The van der Waals surface area contributed by atoms with E-state index in [1.165, 1.54) is 10.9 Å². The molecule has 20 heavy (non-hydrogen) atoms. The minimum atomic E-state index is 0.486. The van der Waals surface area contributed by atoms with Crippen LogP contribution in [0.2, 0.25) is 0 Å². The smallest absolute Gasteiger partial charge is 0.110 e. The van der Waals surface area contributed by atoms with Gasteiger partial charge in [0, 0.05) is 38.1 Å². The van der Waals surface area contributed by atoms with Gasteiger partial charge in [0.2, 0.25) is 0 Å². The van der Waals surface area contributed by atoms with Gasteiger partial charge in [-0.25, -0.2) is 4.98 Å². The van der Waals surface area contributed by atoms with Crippen molar-refractivity contribution in [3.8, 4) is 0 Å². The molecule has 0 radical (unpaired) electrons. The average Bonchev–Trinajstić information content (AvgIpc) is 2.47. The van der Waals surface area contributed by atoms with E-state index in [4.69, 9.17) is 0 Å². The van der Waals surface area contributed by atoms with Crippen LogP contribution in [-0.2, 0) is 0 Å². The van der Waals surface area contributed by atoms with Crippen LogP contribution in [0.3, 0.4) is 0 Å². The number of para-hydroxylation sites is 1. The summed E-state index contributed by atoms with van der Waals surface area (Å²) in [5.41, 5.74) is 2.36. The number of nitrogens with zero attached hydrogens (tertiary/aromatic N) is 2. The van der Waals surface area contributed by atoms with Gasteiger partial charge in [0.15, 0.2) is 0 Å². The summed E-state index contributed by atoms with van der Waals surface area (Å²) in [6, 6.07) is 10.6. The Morgan fingerprint density at radius 2 is 2.05 bits per heavy atom. The molecule has 1 atom stereocenters. The molecule has 1 aromatic carbocycles. The van der Waals surface area contributed by atoms with Crippen LogP contribution in [0.5, 0.6) is 0 Å². The predicted molar refractivity (Wildman–Crippen MR) is 87.2 cm³/mol. The van der Waals surface area contributed by atoms with Crippen molar-refractivity contribution in [1.82, 2.24) is 15.2 Å². The van der Waals surface area contributed by atoms with Crippen molar-refractivity contribution in [2.75, 3.05) is 32.7 Å². The van der Waals surface area contributed by atoms with Crippen LogP contribution < -0.4 is 5.32 Å². The van der Waals surface area contributed by atoms with Gasteiger partial charge < -0.3 is 10.2 Å². The average molecular weight is 334 g/mol. The van der Waals surface area contributed by atoms with Crippen molar-refractivity contribution in [3.05, 3.63) is 40.5 Å². The summed E-state index contributed by atoms with van der Waals surface area (Å²) in [6.07, 6.45) is 0. The lowest BCUT2D eigenvalue weighted by molar-refractivity contribution is 0.230. The summed E-state index contributed by atoms with van der Waals surface area (Å²) in [5, 5.41) is 4.62. The van der Waals surface area contributed by atoms with Crippen LogP contribution in [0.4, 0.5) is 0 Å². The molecule has 2 aromatic rings. The van der Waals surface area contributed by atoms with Crippen LogP contribution in [0, 0.1) is 0 Å². The number of piperazine rings is 1. The first-order chi connectivity index (χ1) is 9.74. The highest BCUT2D eigenvalue weighted by atomic mass is 79.9. The van der Waals surface area contributed by atoms with Crippen LogP contribution in [0.25, 0.3) is 10.9 Å². The fraction of sp³-hybridized carbons (Fsp3) is 0.438. The minimum absolute atomic E-state index is 0.486. The molecule has 3 rings (SSSR count). The number of pyridine rings is 1. The molecule has 0 amide bonds. The van der Waals surface area contributed by atoms with E-state index in [-0.39, 0.29) is 0 Å². The van der Waals surface area contributed by atoms with Crippen molar-refractivity contribution < 1.29 is 0 Å². The van der Waals surface area contributed by atoms with E-state index in [2.05, 4.69) is 62.3 Å². The zero-order valence-corrected chi connectivity index (χ0v) is 13.4. The fourth-order valence-corrected chi connectivity index (χ4v) is 3.53. The first kappa shape index (κ1) is 14.0. The van der Waals surface area contributed by atoms with E-state index >= 15 is 0 Å². The Morgan fingerprint density at radius 1 is 1.30 bits per heavy atom. The molecule has 1 saturated heterocycles. The number of hydrogen-bond acceptors (Lipinski definition) is 3. The lowest BCUT2D eigenvalue weighted by atomic mass is 10.0. The summed E-state index contributed by atoms with van der Waals surface area (Å²) in [5.74, 6) is 0.486. The van der Waals surface area contributed by atoms with Crippen molar-refractivity contribution in [2.24, 2.45) is 0 Å². The molecule has 0 bridgehead atoms. The van der Waals surface area contributed by atoms with Crippen LogP contribution >= 0.6 is 15.9 Å². The first-order valence-electron chi connectivity index (χ1n) is 7.22. The second kappa shape index (κ2) is 6.20. The third-order valence-electron chi connectivity index (χ3n) is 3.98. The lowest BCUT2D eigenvalue weighted by Crippen LogP contribution is -2.44. The van der Waals surface area contributed by atoms with Gasteiger partial charge in [-0.15, -0.1) is 0 Å².